The number of aromatic nitrogens is 1. The van der Waals surface area contributed by atoms with Gasteiger partial charge in [0.05, 0.1) is 18.8 Å². The second-order valence-corrected chi connectivity index (χ2v) is 7.62. The summed E-state index contributed by atoms with van der Waals surface area (Å²) < 4.78 is 32.5. The number of amides is 1. The fourth-order valence-electron chi connectivity index (χ4n) is 4.02. The molecule has 3 aromatic rings. The molecule has 0 bridgehead atoms. The highest BCUT2D eigenvalue weighted by Crippen LogP contribution is 2.32. The summed E-state index contributed by atoms with van der Waals surface area (Å²) in [6, 6.07) is 8.65. The van der Waals surface area contributed by atoms with Gasteiger partial charge < -0.3 is 19.9 Å². The molecule has 162 valence electrons. The van der Waals surface area contributed by atoms with E-state index in [4.69, 9.17) is 4.74 Å². The Bertz CT molecular complexity index is 1160. The average Bonchev–Trinajstić information content (AvgIpc) is 3.08. The monoisotopic (exact) mass is 427 g/mol. The molecule has 6 nitrogen and oxygen atoms in total. The van der Waals surface area contributed by atoms with Gasteiger partial charge in [-0.25, -0.2) is 13.6 Å². The summed E-state index contributed by atoms with van der Waals surface area (Å²) in [5.74, 6) is -1.81. The number of aryl methyl sites for hydroxylation is 1. The zero-order valence-corrected chi connectivity index (χ0v) is 17.3. The highest BCUT2D eigenvalue weighted by Gasteiger charge is 2.27. The smallest absolute Gasteiger partial charge is 0.356 e. The summed E-state index contributed by atoms with van der Waals surface area (Å²) in [7, 11) is 0. The third-order valence-corrected chi connectivity index (χ3v) is 5.53. The number of nitrogens with zero attached hydrogens (tertiary/aromatic N) is 1. The van der Waals surface area contributed by atoms with E-state index in [0.717, 1.165) is 24.1 Å². The van der Waals surface area contributed by atoms with E-state index in [-0.39, 0.29) is 42.3 Å². The van der Waals surface area contributed by atoms with Gasteiger partial charge in [-0.15, -0.1) is 0 Å². The van der Waals surface area contributed by atoms with Crippen molar-refractivity contribution >= 4 is 34.2 Å². The molecule has 2 heterocycles. The van der Waals surface area contributed by atoms with Crippen LogP contribution in [0.25, 0.3) is 10.9 Å². The van der Waals surface area contributed by atoms with E-state index < -0.39 is 11.8 Å². The lowest BCUT2D eigenvalue weighted by Crippen LogP contribution is -2.42. The Morgan fingerprint density at radius 1 is 1.19 bits per heavy atom. The number of hydrogen-bond acceptors (Lipinski definition) is 4. The maximum atomic E-state index is 13.9. The number of rotatable bonds is 5. The second kappa shape index (κ2) is 8.37. The number of carbonyl (C=O) groups excluding carboxylic acids is 2. The molecule has 0 saturated carbocycles. The molecule has 1 unspecified atom stereocenters. The highest BCUT2D eigenvalue weighted by atomic mass is 19.1. The van der Waals surface area contributed by atoms with Crippen LogP contribution in [0.1, 0.15) is 36.3 Å². The zero-order chi connectivity index (χ0) is 22.1. The summed E-state index contributed by atoms with van der Waals surface area (Å²) in [5, 5.41) is 3.14. The summed E-state index contributed by atoms with van der Waals surface area (Å²) >= 11 is 0. The van der Waals surface area contributed by atoms with Crippen LogP contribution in [-0.2, 0) is 16.0 Å². The van der Waals surface area contributed by atoms with Crippen molar-refractivity contribution in [3.05, 3.63) is 59.3 Å². The van der Waals surface area contributed by atoms with Gasteiger partial charge >= 0.3 is 5.97 Å². The lowest BCUT2D eigenvalue weighted by atomic mass is 9.96. The van der Waals surface area contributed by atoms with E-state index in [0.29, 0.717) is 10.9 Å². The maximum Gasteiger partial charge on any atom is 0.356 e. The molecule has 0 fully saturated rings. The Hall–Kier alpha value is -3.42. The molecular weight excluding hydrogens is 404 g/mol. The molecule has 8 heteroatoms. The van der Waals surface area contributed by atoms with Crippen LogP contribution in [0.3, 0.4) is 0 Å². The number of fused-ring (bicyclic) bond motifs is 2. The number of benzene rings is 2. The number of carbonyl (C=O) groups is 2. The standard InChI is InChI=1S/C23H23F2N3O3/c1-3-31-23(30)22-21(17-11-16(25)6-8-18(17)26-22)27-20(29)12-28-13(2)4-5-14-10-15(24)7-9-19(14)28/h6-11,13,26H,3-5,12H2,1-2H3,(H,27,29). The van der Waals surface area contributed by atoms with Gasteiger partial charge in [-0.2, -0.15) is 0 Å². The molecule has 1 aliphatic rings. The van der Waals surface area contributed by atoms with Crippen molar-refractivity contribution in [2.45, 2.75) is 32.7 Å². The minimum Gasteiger partial charge on any atom is -0.461 e. The average molecular weight is 427 g/mol. The van der Waals surface area contributed by atoms with Crippen LogP contribution in [0.4, 0.5) is 20.2 Å². The van der Waals surface area contributed by atoms with E-state index in [2.05, 4.69) is 10.3 Å². The molecule has 0 spiro atoms. The first kappa shape index (κ1) is 20.8. The predicted octanol–water partition coefficient (Wildman–Crippen LogP) is 4.40. The minimum atomic E-state index is -0.637. The van der Waals surface area contributed by atoms with Crippen LogP contribution in [0.15, 0.2) is 36.4 Å². The van der Waals surface area contributed by atoms with Gasteiger partial charge in [0.1, 0.15) is 17.3 Å². The van der Waals surface area contributed by atoms with Crippen molar-refractivity contribution < 1.29 is 23.1 Å². The third-order valence-electron chi connectivity index (χ3n) is 5.53. The highest BCUT2D eigenvalue weighted by molar-refractivity contribution is 6.11. The van der Waals surface area contributed by atoms with Crippen LogP contribution >= 0.6 is 0 Å². The Morgan fingerprint density at radius 2 is 1.94 bits per heavy atom. The van der Waals surface area contributed by atoms with Crippen LogP contribution in [0.2, 0.25) is 0 Å². The fourth-order valence-corrected chi connectivity index (χ4v) is 4.02. The van der Waals surface area contributed by atoms with Crippen LogP contribution < -0.4 is 10.2 Å². The summed E-state index contributed by atoms with van der Waals surface area (Å²) in [4.78, 5) is 30.2. The van der Waals surface area contributed by atoms with Crippen molar-refractivity contribution in [1.29, 1.82) is 0 Å². The molecule has 0 aliphatic carbocycles. The molecule has 1 atom stereocenters. The molecule has 1 aliphatic heterocycles. The number of H-pyrrole nitrogens is 1. The normalized spacial score (nSPS) is 15.6. The van der Waals surface area contributed by atoms with Crippen molar-refractivity contribution in [2.75, 3.05) is 23.4 Å². The zero-order valence-electron chi connectivity index (χ0n) is 17.3. The molecule has 0 radical (unpaired) electrons. The van der Waals surface area contributed by atoms with Gasteiger partial charge in [0, 0.05) is 22.6 Å². The SMILES string of the molecule is CCOC(=O)c1[nH]c2ccc(F)cc2c1NC(=O)CN1c2ccc(F)cc2CCC1C. The summed E-state index contributed by atoms with van der Waals surface area (Å²) in [6.07, 6.45) is 1.53. The first-order chi connectivity index (χ1) is 14.9. The Balaban J connectivity index is 1.64. The quantitative estimate of drug-likeness (QED) is 0.592. The maximum absolute atomic E-state index is 13.9. The van der Waals surface area contributed by atoms with E-state index >= 15 is 0 Å². The van der Waals surface area contributed by atoms with Crippen molar-refractivity contribution in [3.63, 3.8) is 0 Å². The molecule has 2 N–H and O–H groups in total. The van der Waals surface area contributed by atoms with Gasteiger partial charge in [0.15, 0.2) is 0 Å². The van der Waals surface area contributed by atoms with E-state index in [9.17, 15) is 18.4 Å². The number of ether oxygens (including phenoxy) is 1. The molecular formula is C23H23F2N3O3. The van der Waals surface area contributed by atoms with Crippen molar-refractivity contribution in [1.82, 2.24) is 4.98 Å². The molecule has 4 rings (SSSR count). The van der Waals surface area contributed by atoms with Gasteiger partial charge in [-0.3, -0.25) is 4.79 Å². The Morgan fingerprint density at radius 3 is 2.71 bits per heavy atom. The Kier molecular flexibility index (Phi) is 5.63. The van der Waals surface area contributed by atoms with Crippen molar-refractivity contribution in [2.24, 2.45) is 0 Å². The first-order valence-electron chi connectivity index (χ1n) is 10.2. The molecule has 0 saturated heterocycles. The van der Waals surface area contributed by atoms with Gasteiger partial charge in [-0.05, 0) is 68.7 Å². The summed E-state index contributed by atoms with van der Waals surface area (Å²) in [5.41, 5.74) is 2.41. The number of hydrogen-bond donors (Lipinski definition) is 2. The Labute approximate surface area is 178 Å². The number of aromatic amines is 1. The lowest BCUT2D eigenvalue weighted by molar-refractivity contribution is -0.115. The number of halogens is 2. The predicted molar refractivity (Wildman–Crippen MR) is 114 cm³/mol. The molecule has 1 aromatic heterocycles. The second-order valence-electron chi connectivity index (χ2n) is 7.62. The summed E-state index contributed by atoms with van der Waals surface area (Å²) in [6.45, 7) is 3.85. The number of nitrogens with one attached hydrogen (secondary N) is 2. The largest absolute Gasteiger partial charge is 0.461 e. The van der Waals surface area contributed by atoms with E-state index in [1.54, 1.807) is 13.0 Å². The number of anilines is 2. The first-order valence-corrected chi connectivity index (χ1v) is 10.2. The van der Waals surface area contributed by atoms with E-state index in [1.807, 2.05) is 11.8 Å². The van der Waals surface area contributed by atoms with Crippen LogP contribution in [0.5, 0.6) is 0 Å². The number of esters is 1. The van der Waals surface area contributed by atoms with Crippen LogP contribution in [0, 0.1) is 11.6 Å². The van der Waals surface area contributed by atoms with Gasteiger partial charge in [-0.1, -0.05) is 0 Å². The topological polar surface area (TPSA) is 74.4 Å². The minimum absolute atomic E-state index is 0.00402. The lowest BCUT2D eigenvalue weighted by Gasteiger charge is -2.36. The fraction of sp³-hybridized carbons (Fsp3) is 0.304. The molecule has 2 aromatic carbocycles. The molecule has 1 amide bonds. The van der Waals surface area contributed by atoms with E-state index in [1.165, 1.54) is 30.3 Å². The molecule has 31 heavy (non-hydrogen) atoms. The van der Waals surface area contributed by atoms with Crippen LogP contribution in [-0.4, -0.2) is 36.1 Å². The van der Waals surface area contributed by atoms with Gasteiger partial charge in [0.2, 0.25) is 5.91 Å². The van der Waals surface area contributed by atoms with Crippen molar-refractivity contribution in [3.8, 4) is 0 Å². The third kappa shape index (κ3) is 4.10. The van der Waals surface area contributed by atoms with Gasteiger partial charge in [0.25, 0.3) is 0 Å².